The Morgan fingerprint density at radius 3 is 2.94 bits per heavy atom. The van der Waals surface area contributed by atoms with Crippen molar-refractivity contribution in [2.75, 3.05) is 33.0 Å². The van der Waals surface area contributed by atoms with Crippen LogP contribution >= 0.6 is 12.4 Å². The highest BCUT2D eigenvalue weighted by Crippen LogP contribution is 2.33. The molecular weight excluding hydrogens is 492 g/mol. The molecule has 2 unspecified atom stereocenters. The third kappa shape index (κ3) is 5.85. The Hall–Kier alpha value is -2.47. The number of hydrogen-bond donors (Lipinski definition) is 3. The maximum Gasteiger partial charge on any atom is 0.241 e. The molecule has 9 nitrogen and oxygen atoms in total. The molecule has 2 atom stereocenters. The van der Waals surface area contributed by atoms with Gasteiger partial charge in [0.1, 0.15) is 6.23 Å². The van der Waals surface area contributed by atoms with Crippen molar-refractivity contribution in [1.29, 1.82) is 0 Å². The van der Waals surface area contributed by atoms with Crippen LogP contribution in [0.25, 0.3) is 10.8 Å². The van der Waals surface area contributed by atoms with E-state index in [1.54, 1.807) is 30.6 Å². The molecule has 188 valence electrons. The first-order valence-electron chi connectivity index (χ1n) is 11.4. The smallest absolute Gasteiger partial charge is 0.241 e. The molecule has 3 heterocycles. The number of fused-ring (bicyclic) bond motifs is 2. The Morgan fingerprint density at radius 1 is 1.20 bits per heavy atom. The number of hydrogen-bond acceptors (Lipinski definition) is 8. The lowest BCUT2D eigenvalue weighted by Crippen LogP contribution is -2.48. The van der Waals surface area contributed by atoms with Crippen molar-refractivity contribution in [3.8, 4) is 11.5 Å². The summed E-state index contributed by atoms with van der Waals surface area (Å²) in [5, 5.41) is 15.7. The Balaban J connectivity index is 0.00000289. The van der Waals surface area contributed by atoms with Gasteiger partial charge in [-0.25, -0.2) is 13.1 Å². The first kappa shape index (κ1) is 25.6. The molecule has 1 aromatic heterocycles. The van der Waals surface area contributed by atoms with Gasteiger partial charge in [0.05, 0.1) is 11.4 Å². The first-order valence-corrected chi connectivity index (χ1v) is 12.8. The predicted octanol–water partition coefficient (Wildman–Crippen LogP) is 1.89. The summed E-state index contributed by atoms with van der Waals surface area (Å²) in [5.74, 6) is 1.51. The van der Waals surface area contributed by atoms with Crippen LogP contribution < -0.4 is 19.5 Å². The molecule has 3 N–H and O–H groups in total. The van der Waals surface area contributed by atoms with E-state index in [4.69, 9.17) is 9.47 Å². The molecule has 35 heavy (non-hydrogen) atoms. The summed E-state index contributed by atoms with van der Waals surface area (Å²) in [7, 11) is -3.80. The molecule has 2 aliphatic rings. The van der Waals surface area contributed by atoms with Gasteiger partial charge in [-0.3, -0.25) is 9.88 Å². The lowest BCUT2D eigenvalue weighted by Gasteiger charge is -2.29. The average molecular weight is 521 g/mol. The van der Waals surface area contributed by atoms with Crippen molar-refractivity contribution >= 4 is 33.2 Å². The first-order chi connectivity index (χ1) is 16.5. The summed E-state index contributed by atoms with van der Waals surface area (Å²) in [6.07, 6.45) is 3.88. The average Bonchev–Trinajstić information content (AvgIpc) is 3.19. The Morgan fingerprint density at radius 2 is 2.06 bits per heavy atom. The maximum atomic E-state index is 13.0. The van der Waals surface area contributed by atoms with Crippen molar-refractivity contribution < 1.29 is 23.0 Å². The number of pyridine rings is 1. The lowest BCUT2D eigenvalue weighted by molar-refractivity contribution is 0.00757. The third-order valence-electron chi connectivity index (χ3n) is 6.24. The quantitative estimate of drug-likeness (QED) is 0.433. The Kier molecular flexibility index (Phi) is 8.10. The second-order valence-corrected chi connectivity index (χ2v) is 10.3. The number of ether oxygens (including phenoxy) is 2. The number of rotatable bonds is 7. The van der Waals surface area contributed by atoms with Crippen LogP contribution in [-0.2, 0) is 16.4 Å². The number of nitrogens with zero attached hydrogens (tertiary/aromatic N) is 2. The fraction of sp³-hybridized carbons (Fsp3) is 0.375. The molecule has 0 aliphatic carbocycles. The van der Waals surface area contributed by atoms with Crippen molar-refractivity contribution in [2.45, 2.75) is 30.0 Å². The van der Waals surface area contributed by atoms with Gasteiger partial charge in [0, 0.05) is 42.3 Å². The highest BCUT2D eigenvalue weighted by Gasteiger charge is 2.26. The van der Waals surface area contributed by atoms with Crippen LogP contribution in [-0.4, -0.2) is 68.6 Å². The van der Waals surface area contributed by atoms with E-state index >= 15 is 0 Å². The largest absolute Gasteiger partial charge is 0.454 e. The number of aliphatic hydroxyl groups excluding tert-OH is 1. The maximum absolute atomic E-state index is 13.0. The zero-order valence-electron chi connectivity index (χ0n) is 19.1. The van der Waals surface area contributed by atoms with E-state index in [9.17, 15) is 13.5 Å². The molecule has 5 rings (SSSR count). The van der Waals surface area contributed by atoms with Crippen LogP contribution in [0.3, 0.4) is 0 Å². The molecule has 2 aliphatic heterocycles. The summed E-state index contributed by atoms with van der Waals surface area (Å²) in [6, 6.07) is 12.8. The van der Waals surface area contributed by atoms with Gasteiger partial charge in [-0.1, -0.05) is 18.2 Å². The fourth-order valence-corrected chi connectivity index (χ4v) is 5.76. The molecule has 1 saturated heterocycles. The number of halogens is 1. The second kappa shape index (κ2) is 11.1. The summed E-state index contributed by atoms with van der Waals surface area (Å²) in [4.78, 5) is 6.16. The van der Waals surface area contributed by atoms with Gasteiger partial charge in [0.25, 0.3) is 0 Å². The number of nitrogens with one attached hydrogen (secondary N) is 2. The highest BCUT2D eigenvalue weighted by atomic mass is 35.5. The van der Waals surface area contributed by atoms with E-state index < -0.39 is 16.3 Å². The number of aromatic nitrogens is 1. The van der Waals surface area contributed by atoms with E-state index in [2.05, 4.69) is 15.0 Å². The van der Waals surface area contributed by atoms with Gasteiger partial charge >= 0.3 is 0 Å². The van der Waals surface area contributed by atoms with E-state index in [0.717, 1.165) is 41.8 Å². The Bertz CT molecular complexity index is 1270. The minimum atomic E-state index is -3.80. The van der Waals surface area contributed by atoms with Crippen LogP contribution in [0.4, 0.5) is 0 Å². The minimum absolute atomic E-state index is 0. The molecule has 11 heteroatoms. The normalized spacial score (nSPS) is 19.2. The van der Waals surface area contributed by atoms with Gasteiger partial charge in [0.15, 0.2) is 11.5 Å². The van der Waals surface area contributed by atoms with E-state index in [0.29, 0.717) is 18.5 Å². The van der Waals surface area contributed by atoms with Crippen LogP contribution in [0, 0.1) is 0 Å². The summed E-state index contributed by atoms with van der Waals surface area (Å²) >= 11 is 0. The molecule has 0 bridgehead atoms. The molecule has 1 fully saturated rings. The van der Waals surface area contributed by atoms with E-state index in [1.165, 1.54) is 0 Å². The molecule has 0 radical (unpaired) electrons. The van der Waals surface area contributed by atoms with Gasteiger partial charge < -0.3 is 19.9 Å². The van der Waals surface area contributed by atoms with Gasteiger partial charge in [-0.05, 0) is 49.2 Å². The topological polar surface area (TPSA) is 113 Å². The SMILES string of the molecule is Cl.O=S(=O)(NCC(O)N1CCCNC(Cc2ccc3c(c2)OCO3)C1)c1cccc2cnccc12. The van der Waals surface area contributed by atoms with Crippen LogP contribution in [0.5, 0.6) is 11.5 Å². The van der Waals surface area contributed by atoms with E-state index in [1.807, 2.05) is 29.2 Å². The molecule has 3 aromatic rings. The van der Waals surface area contributed by atoms with Crippen molar-refractivity contribution in [1.82, 2.24) is 19.9 Å². The summed E-state index contributed by atoms with van der Waals surface area (Å²) < 4.78 is 39.5. The van der Waals surface area contributed by atoms with Gasteiger partial charge in [-0.15, -0.1) is 12.4 Å². The van der Waals surface area contributed by atoms with Gasteiger partial charge in [-0.2, -0.15) is 0 Å². The lowest BCUT2D eigenvalue weighted by atomic mass is 10.0. The third-order valence-corrected chi connectivity index (χ3v) is 7.72. The highest BCUT2D eigenvalue weighted by molar-refractivity contribution is 7.89. The fourth-order valence-electron chi connectivity index (χ4n) is 4.51. The second-order valence-electron chi connectivity index (χ2n) is 8.58. The standard InChI is InChI=1S/C24H28N4O5S.ClH/c29-24(14-27-34(30,31)23-4-1-3-18-13-25-9-7-20(18)23)28-10-2-8-26-19(15-28)11-17-5-6-21-22(12-17)33-16-32-21;/h1,3-7,9,12-13,19,24,26-27,29H,2,8,10-11,14-16H2;1H. The number of sulfonamides is 1. The monoisotopic (exact) mass is 520 g/mol. The number of aliphatic hydroxyl groups is 1. The molecule has 2 aromatic carbocycles. The minimum Gasteiger partial charge on any atom is -0.454 e. The molecular formula is C24H29ClN4O5S. The molecule has 0 amide bonds. The van der Waals surface area contributed by atoms with Crippen molar-refractivity contribution in [2.24, 2.45) is 0 Å². The predicted molar refractivity (Wildman–Crippen MR) is 134 cm³/mol. The Labute approximate surface area is 210 Å². The zero-order valence-corrected chi connectivity index (χ0v) is 20.7. The van der Waals surface area contributed by atoms with E-state index in [-0.39, 0.29) is 36.7 Å². The van der Waals surface area contributed by atoms with Crippen LogP contribution in [0.1, 0.15) is 12.0 Å². The summed E-state index contributed by atoms with van der Waals surface area (Å²) in [6.45, 7) is 2.24. The summed E-state index contributed by atoms with van der Waals surface area (Å²) in [5.41, 5.74) is 1.12. The van der Waals surface area contributed by atoms with Crippen LogP contribution in [0.15, 0.2) is 59.8 Å². The van der Waals surface area contributed by atoms with Gasteiger partial charge in [0.2, 0.25) is 16.8 Å². The van der Waals surface area contributed by atoms with Crippen molar-refractivity contribution in [3.63, 3.8) is 0 Å². The number of benzene rings is 2. The molecule has 0 saturated carbocycles. The van der Waals surface area contributed by atoms with Crippen LogP contribution in [0.2, 0.25) is 0 Å². The zero-order chi connectivity index (χ0) is 23.5. The van der Waals surface area contributed by atoms with Crippen molar-refractivity contribution in [3.05, 3.63) is 60.4 Å². The molecule has 0 spiro atoms.